The van der Waals surface area contributed by atoms with Gasteiger partial charge in [0.15, 0.2) is 0 Å². The van der Waals surface area contributed by atoms with E-state index in [1.54, 1.807) is 0 Å². The topological polar surface area (TPSA) is 21.3 Å². The van der Waals surface area contributed by atoms with Crippen molar-refractivity contribution in [2.45, 2.75) is 51.3 Å². The van der Waals surface area contributed by atoms with Gasteiger partial charge in [-0.25, -0.2) is 0 Å². The minimum atomic E-state index is 0.408. The van der Waals surface area contributed by atoms with Crippen LogP contribution in [0.15, 0.2) is 30.3 Å². The summed E-state index contributed by atoms with van der Waals surface area (Å²) in [5.41, 5.74) is 1.41. The molecule has 1 aliphatic rings. The summed E-state index contributed by atoms with van der Waals surface area (Å²) in [5.74, 6) is 0. The van der Waals surface area contributed by atoms with E-state index in [0.29, 0.717) is 18.2 Å². The number of hydrogen-bond acceptors (Lipinski definition) is 2. The first-order valence-corrected chi connectivity index (χ1v) is 6.65. The molecule has 3 unspecified atom stereocenters. The lowest BCUT2D eigenvalue weighted by atomic mass is 10.0. The van der Waals surface area contributed by atoms with E-state index in [9.17, 15) is 0 Å². The van der Waals surface area contributed by atoms with Crippen molar-refractivity contribution >= 4 is 0 Å². The molecule has 94 valence electrons. The number of nitrogens with one attached hydrogen (secondary N) is 1. The molecule has 1 fully saturated rings. The predicted molar refractivity (Wildman–Crippen MR) is 71.2 cm³/mol. The zero-order valence-electron chi connectivity index (χ0n) is 10.9. The average Bonchev–Trinajstić information content (AvgIpc) is 2.30. The Morgan fingerprint density at radius 2 is 2.12 bits per heavy atom. The average molecular weight is 233 g/mol. The van der Waals surface area contributed by atoms with Crippen molar-refractivity contribution in [3.8, 4) is 0 Å². The Labute approximate surface area is 104 Å². The molecule has 2 rings (SSSR count). The first kappa shape index (κ1) is 12.6. The maximum Gasteiger partial charge on any atom is 0.0561 e. The third-order valence-corrected chi connectivity index (χ3v) is 3.39. The fourth-order valence-corrected chi connectivity index (χ4v) is 2.58. The molecule has 3 atom stereocenters. The summed E-state index contributed by atoms with van der Waals surface area (Å²) >= 11 is 0. The third kappa shape index (κ3) is 4.14. The van der Waals surface area contributed by atoms with Crippen LogP contribution in [0.25, 0.3) is 0 Å². The predicted octanol–water partition coefficient (Wildman–Crippen LogP) is 2.77. The lowest BCUT2D eigenvalue weighted by Gasteiger charge is -2.30. The van der Waals surface area contributed by atoms with E-state index >= 15 is 0 Å². The molecule has 0 bridgehead atoms. The first-order chi connectivity index (χ1) is 8.24. The normalized spacial score (nSPS) is 26.7. The van der Waals surface area contributed by atoms with Gasteiger partial charge in [0.05, 0.1) is 6.10 Å². The quantitative estimate of drug-likeness (QED) is 0.863. The van der Waals surface area contributed by atoms with Crippen LogP contribution in [-0.4, -0.2) is 24.8 Å². The Kier molecular flexibility index (Phi) is 4.57. The summed E-state index contributed by atoms with van der Waals surface area (Å²) in [5, 5.41) is 3.72. The summed E-state index contributed by atoms with van der Waals surface area (Å²) in [6.45, 7) is 5.33. The minimum Gasteiger partial charge on any atom is -0.378 e. The smallest absolute Gasteiger partial charge is 0.0561 e. The van der Waals surface area contributed by atoms with Gasteiger partial charge in [0.25, 0.3) is 0 Å². The van der Waals surface area contributed by atoms with E-state index in [1.807, 2.05) is 0 Å². The van der Waals surface area contributed by atoms with E-state index in [4.69, 9.17) is 4.74 Å². The summed E-state index contributed by atoms with van der Waals surface area (Å²) in [4.78, 5) is 0. The number of rotatable bonds is 4. The number of benzene rings is 1. The van der Waals surface area contributed by atoms with Crippen molar-refractivity contribution < 1.29 is 4.74 Å². The van der Waals surface area contributed by atoms with Crippen LogP contribution in [0.4, 0.5) is 0 Å². The van der Waals surface area contributed by atoms with Crippen LogP contribution in [0.5, 0.6) is 0 Å². The Hall–Kier alpha value is -0.860. The van der Waals surface area contributed by atoms with Crippen molar-refractivity contribution in [3.05, 3.63) is 35.9 Å². The van der Waals surface area contributed by atoms with Crippen LogP contribution in [0.2, 0.25) is 0 Å². The van der Waals surface area contributed by atoms with E-state index in [2.05, 4.69) is 49.5 Å². The van der Waals surface area contributed by atoms with Gasteiger partial charge < -0.3 is 10.1 Å². The monoisotopic (exact) mass is 233 g/mol. The van der Waals surface area contributed by atoms with Crippen LogP contribution < -0.4 is 5.32 Å². The standard InChI is InChI=1S/C15H23NO/c1-12(10-14-6-4-3-5-7-14)16-15-8-9-17-13(2)11-15/h3-7,12-13,15-16H,8-11H2,1-2H3. The fourth-order valence-electron chi connectivity index (χ4n) is 2.58. The molecule has 1 aliphatic heterocycles. The van der Waals surface area contributed by atoms with Crippen LogP contribution in [0.1, 0.15) is 32.3 Å². The zero-order valence-corrected chi connectivity index (χ0v) is 10.9. The van der Waals surface area contributed by atoms with Crippen molar-refractivity contribution in [2.75, 3.05) is 6.61 Å². The van der Waals surface area contributed by atoms with E-state index in [1.165, 1.54) is 5.56 Å². The van der Waals surface area contributed by atoms with Crippen molar-refractivity contribution in [2.24, 2.45) is 0 Å². The van der Waals surface area contributed by atoms with Crippen molar-refractivity contribution in [1.82, 2.24) is 5.32 Å². The Bertz CT molecular complexity index is 325. The molecular formula is C15H23NO. The third-order valence-electron chi connectivity index (χ3n) is 3.39. The highest BCUT2D eigenvalue weighted by atomic mass is 16.5. The lowest BCUT2D eigenvalue weighted by molar-refractivity contribution is 0.0116. The highest BCUT2D eigenvalue weighted by Gasteiger charge is 2.20. The Morgan fingerprint density at radius 3 is 2.82 bits per heavy atom. The molecule has 0 amide bonds. The maximum absolute atomic E-state index is 5.57. The summed E-state index contributed by atoms with van der Waals surface area (Å²) in [6.07, 6.45) is 3.79. The molecule has 17 heavy (non-hydrogen) atoms. The second kappa shape index (κ2) is 6.18. The number of hydrogen-bond donors (Lipinski definition) is 1. The molecule has 0 saturated carbocycles. The Morgan fingerprint density at radius 1 is 1.35 bits per heavy atom. The van der Waals surface area contributed by atoms with Crippen LogP contribution in [-0.2, 0) is 11.2 Å². The van der Waals surface area contributed by atoms with Crippen LogP contribution in [0, 0.1) is 0 Å². The maximum atomic E-state index is 5.57. The van der Waals surface area contributed by atoms with Crippen LogP contribution >= 0.6 is 0 Å². The minimum absolute atomic E-state index is 0.408. The fraction of sp³-hybridized carbons (Fsp3) is 0.600. The second-order valence-corrected chi connectivity index (χ2v) is 5.16. The molecule has 0 aliphatic carbocycles. The molecule has 0 radical (unpaired) electrons. The summed E-state index contributed by atoms with van der Waals surface area (Å²) in [6, 6.07) is 11.8. The van der Waals surface area contributed by atoms with E-state index < -0.39 is 0 Å². The molecule has 1 saturated heterocycles. The molecule has 1 heterocycles. The SMILES string of the molecule is CC(Cc1ccccc1)NC1CCOC(C)C1. The van der Waals surface area contributed by atoms with E-state index in [-0.39, 0.29) is 0 Å². The van der Waals surface area contributed by atoms with Crippen LogP contribution in [0.3, 0.4) is 0 Å². The molecular weight excluding hydrogens is 210 g/mol. The van der Waals surface area contributed by atoms with Gasteiger partial charge in [-0.3, -0.25) is 0 Å². The molecule has 0 aromatic heterocycles. The van der Waals surface area contributed by atoms with Gasteiger partial charge in [-0.05, 0) is 38.7 Å². The van der Waals surface area contributed by atoms with Crippen molar-refractivity contribution in [3.63, 3.8) is 0 Å². The molecule has 2 heteroatoms. The Balaban J connectivity index is 1.79. The summed E-state index contributed by atoms with van der Waals surface area (Å²) in [7, 11) is 0. The zero-order chi connectivity index (χ0) is 12.1. The van der Waals surface area contributed by atoms with Gasteiger partial charge in [-0.15, -0.1) is 0 Å². The van der Waals surface area contributed by atoms with Gasteiger partial charge >= 0.3 is 0 Å². The lowest BCUT2D eigenvalue weighted by Crippen LogP contribution is -2.43. The molecule has 1 N–H and O–H groups in total. The first-order valence-electron chi connectivity index (χ1n) is 6.65. The van der Waals surface area contributed by atoms with Gasteiger partial charge in [0.2, 0.25) is 0 Å². The van der Waals surface area contributed by atoms with Crippen molar-refractivity contribution in [1.29, 1.82) is 0 Å². The molecule has 2 nitrogen and oxygen atoms in total. The van der Waals surface area contributed by atoms with Gasteiger partial charge in [0, 0.05) is 18.7 Å². The van der Waals surface area contributed by atoms with Gasteiger partial charge in [-0.2, -0.15) is 0 Å². The highest BCUT2D eigenvalue weighted by Crippen LogP contribution is 2.14. The second-order valence-electron chi connectivity index (χ2n) is 5.16. The van der Waals surface area contributed by atoms with E-state index in [0.717, 1.165) is 25.9 Å². The number of ether oxygens (including phenoxy) is 1. The molecule has 0 spiro atoms. The molecule has 1 aromatic rings. The highest BCUT2D eigenvalue weighted by molar-refractivity contribution is 5.15. The van der Waals surface area contributed by atoms with Gasteiger partial charge in [-0.1, -0.05) is 30.3 Å². The summed E-state index contributed by atoms with van der Waals surface area (Å²) < 4.78 is 5.57. The largest absolute Gasteiger partial charge is 0.378 e. The molecule has 1 aromatic carbocycles. The van der Waals surface area contributed by atoms with Gasteiger partial charge in [0.1, 0.15) is 0 Å².